The van der Waals surface area contributed by atoms with Crippen molar-refractivity contribution in [2.75, 3.05) is 4.72 Å². The van der Waals surface area contributed by atoms with Gasteiger partial charge in [-0.15, -0.1) is 0 Å². The highest BCUT2D eigenvalue weighted by Crippen LogP contribution is 2.22. The highest BCUT2D eigenvalue weighted by atomic mass is 35.5. The third-order valence-corrected chi connectivity index (χ3v) is 4.49. The zero-order valence-electron chi connectivity index (χ0n) is 10.5. The number of nitrogens with one attached hydrogen (secondary N) is 1. The van der Waals surface area contributed by atoms with Crippen LogP contribution in [0.1, 0.15) is 5.56 Å². The monoisotopic (exact) mass is 344 g/mol. The molecule has 2 aromatic carbocycles. The van der Waals surface area contributed by atoms with Gasteiger partial charge >= 0.3 is 0 Å². The van der Waals surface area contributed by atoms with Crippen molar-refractivity contribution in [1.82, 2.24) is 0 Å². The van der Waals surface area contributed by atoms with Crippen LogP contribution in [-0.4, -0.2) is 13.4 Å². The molecule has 0 bridgehead atoms. The van der Waals surface area contributed by atoms with Crippen LogP contribution >= 0.6 is 23.8 Å². The van der Waals surface area contributed by atoms with Gasteiger partial charge in [0, 0.05) is 10.7 Å². The van der Waals surface area contributed by atoms with E-state index in [1.165, 1.54) is 36.4 Å². The first-order chi connectivity index (χ1) is 9.81. The van der Waals surface area contributed by atoms with Crippen LogP contribution in [0, 0.1) is 5.82 Å². The van der Waals surface area contributed by atoms with Gasteiger partial charge in [0.15, 0.2) is 0 Å². The summed E-state index contributed by atoms with van der Waals surface area (Å²) in [5.74, 6) is -0.790. The number of anilines is 1. The summed E-state index contributed by atoms with van der Waals surface area (Å²) in [6.45, 7) is 0. The van der Waals surface area contributed by atoms with E-state index in [2.05, 4.69) is 4.72 Å². The van der Waals surface area contributed by atoms with Crippen molar-refractivity contribution in [3.05, 3.63) is 58.9 Å². The van der Waals surface area contributed by atoms with Crippen LogP contribution in [-0.2, 0) is 10.0 Å². The van der Waals surface area contributed by atoms with Crippen LogP contribution in [0.15, 0.2) is 47.4 Å². The second-order valence-corrected chi connectivity index (χ2v) is 6.62. The van der Waals surface area contributed by atoms with Crippen molar-refractivity contribution in [2.24, 2.45) is 5.73 Å². The SMILES string of the molecule is NC(=S)c1c(F)cccc1S(=O)(=O)Nc1ccc(Cl)cc1. The normalized spacial score (nSPS) is 11.1. The van der Waals surface area contributed by atoms with E-state index in [4.69, 9.17) is 29.6 Å². The summed E-state index contributed by atoms with van der Waals surface area (Å²) >= 11 is 10.4. The fourth-order valence-corrected chi connectivity index (χ4v) is 3.38. The van der Waals surface area contributed by atoms with Crippen LogP contribution in [0.4, 0.5) is 10.1 Å². The second kappa shape index (κ2) is 5.97. The van der Waals surface area contributed by atoms with Gasteiger partial charge in [-0.05, 0) is 36.4 Å². The van der Waals surface area contributed by atoms with Crippen LogP contribution in [0.25, 0.3) is 0 Å². The maximum absolute atomic E-state index is 13.7. The molecule has 3 N–H and O–H groups in total. The molecule has 4 nitrogen and oxygen atoms in total. The summed E-state index contributed by atoms with van der Waals surface area (Å²) in [6.07, 6.45) is 0. The van der Waals surface area contributed by atoms with Crippen LogP contribution in [0.3, 0.4) is 0 Å². The quantitative estimate of drug-likeness (QED) is 0.836. The number of hydrogen-bond acceptors (Lipinski definition) is 3. The number of thiocarbonyl (C=S) groups is 1. The van der Waals surface area contributed by atoms with Crippen molar-refractivity contribution in [1.29, 1.82) is 0 Å². The summed E-state index contributed by atoms with van der Waals surface area (Å²) < 4.78 is 40.7. The lowest BCUT2D eigenvalue weighted by atomic mass is 10.2. The van der Waals surface area contributed by atoms with Gasteiger partial charge in [-0.25, -0.2) is 12.8 Å². The minimum absolute atomic E-state index is 0.289. The summed E-state index contributed by atoms with van der Waals surface area (Å²) in [4.78, 5) is -0.644. The Kier molecular flexibility index (Phi) is 4.46. The summed E-state index contributed by atoms with van der Waals surface area (Å²) in [7, 11) is -4.02. The zero-order valence-corrected chi connectivity index (χ0v) is 12.9. The van der Waals surface area contributed by atoms with Crippen molar-refractivity contribution in [3.63, 3.8) is 0 Å². The largest absolute Gasteiger partial charge is 0.389 e. The van der Waals surface area contributed by atoms with Gasteiger partial charge in [-0.1, -0.05) is 29.9 Å². The molecule has 0 unspecified atom stereocenters. The molecule has 2 rings (SSSR count). The van der Waals surface area contributed by atoms with Gasteiger partial charge in [-0.2, -0.15) is 0 Å². The molecular formula is C13H10ClFN2O2S2. The molecule has 0 saturated heterocycles. The molecular weight excluding hydrogens is 335 g/mol. The Labute approximate surface area is 131 Å². The van der Waals surface area contributed by atoms with Gasteiger partial charge in [0.05, 0.1) is 5.56 Å². The molecule has 0 spiro atoms. The molecule has 0 amide bonds. The third-order valence-electron chi connectivity index (χ3n) is 2.61. The predicted octanol–water partition coefficient (Wildman–Crippen LogP) is 2.91. The van der Waals surface area contributed by atoms with E-state index in [0.717, 1.165) is 6.07 Å². The van der Waals surface area contributed by atoms with E-state index in [-0.39, 0.29) is 21.1 Å². The lowest BCUT2D eigenvalue weighted by Gasteiger charge is -2.12. The molecule has 0 aromatic heterocycles. The molecule has 0 radical (unpaired) electrons. The number of hydrogen-bond donors (Lipinski definition) is 2. The van der Waals surface area contributed by atoms with Gasteiger partial charge in [0.2, 0.25) is 0 Å². The second-order valence-electron chi connectivity index (χ2n) is 4.09. The van der Waals surface area contributed by atoms with Crippen molar-refractivity contribution in [2.45, 2.75) is 4.90 Å². The maximum atomic E-state index is 13.7. The Morgan fingerprint density at radius 1 is 1.19 bits per heavy atom. The minimum atomic E-state index is -4.02. The Bertz CT molecular complexity index is 792. The van der Waals surface area contributed by atoms with Crippen LogP contribution < -0.4 is 10.5 Å². The fraction of sp³-hybridized carbons (Fsp3) is 0. The minimum Gasteiger partial charge on any atom is -0.389 e. The summed E-state index contributed by atoms with van der Waals surface area (Å²) in [5.41, 5.74) is 5.39. The summed E-state index contributed by atoms with van der Waals surface area (Å²) in [6, 6.07) is 9.62. The predicted molar refractivity (Wildman–Crippen MR) is 84.5 cm³/mol. The number of nitrogens with two attached hydrogens (primary N) is 1. The van der Waals surface area contributed by atoms with Crippen molar-refractivity contribution < 1.29 is 12.8 Å². The van der Waals surface area contributed by atoms with Crippen LogP contribution in [0.2, 0.25) is 5.02 Å². The number of benzene rings is 2. The van der Waals surface area contributed by atoms with Gasteiger partial charge in [-0.3, -0.25) is 4.72 Å². The average Bonchev–Trinajstić information content (AvgIpc) is 2.40. The molecule has 21 heavy (non-hydrogen) atoms. The molecule has 0 aliphatic rings. The number of halogens is 2. The standard InChI is InChI=1S/C13H10ClFN2O2S2/c14-8-4-6-9(7-5-8)17-21(18,19)11-3-1-2-10(15)12(11)13(16)20/h1-7,17H,(H2,16,20). The first kappa shape index (κ1) is 15.7. The Balaban J connectivity index is 2.47. The van der Waals surface area contributed by atoms with E-state index in [1.807, 2.05) is 0 Å². The molecule has 0 atom stereocenters. The lowest BCUT2D eigenvalue weighted by molar-refractivity contribution is 0.594. The molecule has 110 valence electrons. The topological polar surface area (TPSA) is 72.2 Å². The van der Waals surface area contributed by atoms with Crippen LogP contribution in [0.5, 0.6) is 0 Å². The first-order valence-corrected chi connectivity index (χ1v) is 7.95. The average molecular weight is 345 g/mol. The van der Waals surface area contributed by atoms with E-state index in [9.17, 15) is 12.8 Å². The molecule has 0 saturated carbocycles. The van der Waals surface area contributed by atoms with E-state index in [1.54, 1.807) is 0 Å². The number of rotatable bonds is 4. The highest BCUT2D eigenvalue weighted by Gasteiger charge is 2.22. The van der Waals surface area contributed by atoms with Crippen molar-refractivity contribution >= 4 is 44.5 Å². The Morgan fingerprint density at radius 3 is 2.38 bits per heavy atom. The third kappa shape index (κ3) is 3.49. The van der Waals surface area contributed by atoms with E-state index >= 15 is 0 Å². The van der Waals surface area contributed by atoms with Crippen molar-refractivity contribution in [3.8, 4) is 0 Å². The molecule has 2 aromatic rings. The fourth-order valence-electron chi connectivity index (χ4n) is 1.70. The lowest BCUT2D eigenvalue weighted by Crippen LogP contribution is -2.21. The number of sulfonamides is 1. The van der Waals surface area contributed by atoms with E-state index in [0.29, 0.717) is 5.02 Å². The Morgan fingerprint density at radius 2 is 1.81 bits per heavy atom. The van der Waals surface area contributed by atoms with Gasteiger partial charge in [0.25, 0.3) is 10.0 Å². The van der Waals surface area contributed by atoms with Gasteiger partial charge < -0.3 is 5.73 Å². The molecule has 0 fully saturated rings. The smallest absolute Gasteiger partial charge is 0.262 e. The zero-order chi connectivity index (χ0) is 15.6. The van der Waals surface area contributed by atoms with Gasteiger partial charge in [0.1, 0.15) is 15.7 Å². The molecule has 0 heterocycles. The first-order valence-electron chi connectivity index (χ1n) is 5.68. The maximum Gasteiger partial charge on any atom is 0.262 e. The molecule has 8 heteroatoms. The highest BCUT2D eigenvalue weighted by molar-refractivity contribution is 7.93. The molecule has 0 aliphatic heterocycles. The molecule has 0 aliphatic carbocycles. The Hall–Kier alpha value is -1.70. The van der Waals surface area contributed by atoms with E-state index < -0.39 is 15.8 Å². The summed E-state index contributed by atoms with van der Waals surface area (Å²) in [5, 5.41) is 0.465.